The van der Waals surface area contributed by atoms with Gasteiger partial charge in [-0.25, -0.2) is 0 Å². The van der Waals surface area contributed by atoms with Crippen molar-refractivity contribution in [1.29, 1.82) is 0 Å². The van der Waals surface area contributed by atoms with Crippen LogP contribution < -0.4 is 5.32 Å². The molecule has 1 amide bonds. The van der Waals surface area contributed by atoms with Crippen molar-refractivity contribution in [1.82, 2.24) is 10.2 Å². The zero-order valence-corrected chi connectivity index (χ0v) is 17.3. The van der Waals surface area contributed by atoms with E-state index < -0.39 is 42.0 Å². The second kappa shape index (κ2) is 9.87. The largest absolute Gasteiger partial charge is 0.391 e. The molecule has 2 heterocycles. The molecule has 0 radical (unpaired) electrons. The Morgan fingerprint density at radius 3 is 2.52 bits per heavy atom. The van der Waals surface area contributed by atoms with Crippen LogP contribution in [0.1, 0.15) is 33.1 Å². The highest BCUT2D eigenvalue weighted by atomic mass is 32.2. The molecule has 5 N–H and O–H groups in total. The number of aliphatic hydroxyl groups is 4. The number of likely N-dealkylation sites (N-methyl/N-ethyl adjacent to an activating group) is 1. The van der Waals surface area contributed by atoms with Gasteiger partial charge in [0.1, 0.15) is 29.9 Å². The maximum atomic E-state index is 12.8. The normalized spacial score (nSPS) is 39.9. The van der Waals surface area contributed by atoms with Crippen molar-refractivity contribution in [3.8, 4) is 0 Å². The van der Waals surface area contributed by atoms with Crippen molar-refractivity contribution >= 4 is 17.7 Å². The van der Waals surface area contributed by atoms with Crippen LogP contribution in [0.4, 0.5) is 0 Å². The smallest absolute Gasteiger partial charge is 0.237 e. The minimum absolute atomic E-state index is 0.223. The molecule has 0 spiro atoms. The van der Waals surface area contributed by atoms with Crippen LogP contribution in [-0.4, -0.2) is 99.1 Å². The van der Waals surface area contributed by atoms with Gasteiger partial charge in [0.05, 0.1) is 18.2 Å². The van der Waals surface area contributed by atoms with Crippen molar-refractivity contribution in [2.24, 2.45) is 5.92 Å². The lowest BCUT2D eigenvalue weighted by molar-refractivity contribution is -0.211. The highest BCUT2D eigenvalue weighted by Crippen LogP contribution is 2.30. The Kier molecular flexibility index (Phi) is 8.35. The van der Waals surface area contributed by atoms with Gasteiger partial charge in [-0.05, 0) is 39.0 Å². The summed E-state index contributed by atoms with van der Waals surface area (Å²) in [7, 11) is 1.91. The second-order valence-corrected chi connectivity index (χ2v) is 8.73. The second-order valence-electron chi connectivity index (χ2n) is 7.80. The molecule has 27 heavy (non-hydrogen) atoms. The molecular weight excluding hydrogens is 372 g/mol. The number of carbonyl (C=O) groups is 1. The number of aliphatic hydroxyl groups excluding tert-OH is 4. The van der Waals surface area contributed by atoms with Crippen LogP contribution in [0.15, 0.2) is 0 Å². The molecule has 0 aromatic heterocycles. The molecule has 0 saturated carbocycles. The number of thioether (sulfide) groups is 1. The Balaban J connectivity index is 2.09. The van der Waals surface area contributed by atoms with Crippen LogP contribution in [-0.2, 0) is 9.53 Å². The molecule has 0 bridgehead atoms. The summed E-state index contributed by atoms with van der Waals surface area (Å²) in [5, 5.41) is 43.5. The maximum absolute atomic E-state index is 12.8. The van der Waals surface area contributed by atoms with Crippen LogP contribution in [0.2, 0.25) is 0 Å². The average molecular weight is 407 g/mol. The standard InChI is InChI=1S/C18H34N2O6S/c1-5-6-10-7-11(20(3)8-10)17(25)19-12(9(2)21)16-14(23)13(22)15(24)18(26-16)27-4/h9-16,18,21-24H,5-8H2,1-4H3,(H,19,25)/t9-,10-,11-,12-,13-,14-,15?,16?,18-/m1/s1. The minimum Gasteiger partial charge on any atom is -0.391 e. The lowest BCUT2D eigenvalue weighted by Gasteiger charge is -2.44. The first-order chi connectivity index (χ1) is 12.7. The van der Waals surface area contributed by atoms with Crippen LogP contribution >= 0.6 is 11.8 Å². The molecule has 9 heteroatoms. The van der Waals surface area contributed by atoms with Crippen LogP contribution in [0, 0.1) is 5.92 Å². The first kappa shape index (κ1) is 22.9. The highest BCUT2D eigenvalue weighted by molar-refractivity contribution is 7.99. The molecule has 0 aliphatic carbocycles. The van der Waals surface area contributed by atoms with Crippen molar-refractivity contribution in [3.05, 3.63) is 0 Å². The number of hydrogen-bond donors (Lipinski definition) is 5. The fraction of sp³-hybridized carbons (Fsp3) is 0.944. The summed E-state index contributed by atoms with van der Waals surface area (Å²) in [4.78, 5) is 14.9. The quantitative estimate of drug-likeness (QED) is 0.370. The van der Waals surface area contributed by atoms with Crippen LogP contribution in [0.3, 0.4) is 0 Å². The van der Waals surface area contributed by atoms with Gasteiger partial charge in [0.25, 0.3) is 0 Å². The molecule has 8 nitrogen and oxygen atoms in total. The molecular formula is C18H34N2O6S. The van der Waals surface area contributed by atoms with Crippen LogP contribution in [0.25, 0.3) is 0 Å². The molecule has 0 aromatic carbocycles. The Bertz CT molecular complexity index is 494. The summed E-state index contributed by atoms with van der Waals surface area (Å²) >= 11 is 1.20. The van der Waals surface area contributed by atoms with Gasteiger partial charge in [0.15, 0.2) is 0 Å². The molecule has 0 aromatic rings. The molecule has 2 fully saturated rings. The van der Waals surface area contributed by atoms with Gasteiger partial charge < -0.3 is 30.5 Å². The Labute approximate surface area is 165 Å². The molecule has 2 unspecified atom stereocenters. The number of nitrogens with one attached hydrogen (secondary N) is 1. The topological polar surface area (TPSA) is 122 Å². The predicted octanol–water partition coefficient (Wildman–Crippen LogP) is -0.857. The van der Waals surface area contributed by atoms with Gasteiger partial charge in [-0.15, -0.1) is 11.8 Å². The first-order valence-electron chi connectivity index (χ1n) is 9.62. The number of hydrogen-bond acceptors (Lipinski definition) is 8. The number of likely N-dealkylation sites (tertiary alicyclic amines) is 1. The van der Waals surface area contributed by atoms with Crippen molar-refractivity contribution in [2.45, 2.75) is 81.1 Å². The fourth-order valence-electron chi connectivity index (χ4n) is 4.13. The summed E-state index contributed by atoms with van der Waals surface area (Å²) < 4.78 is 5.72. The molecule has 2 saturated heterocycles. The summed E-state index contributed by atoms with van der Waals surface area (Å²) in [6.07, 6.45) is -1.50. The Hall–Kier alpha value is -0.420. The summed E-state index contributed by atoms with van der Waals surface area (Å²) in [6, 6.07) is -1.20. The first-order valence-corrected chi connectivity index (χ1v) is 10.9. The van der Waals surface area contributed by atoms with Gasteiger partial charge >= 0.3 is 0 Å². The number of ether oxygens (including phenoxy) is 1. The lowest BCUT2D eigenvalue weighted by atomic mass is 9.92. The number of carbonyl (C=O) groups excluding carboxylic acids is 1. The highest BCUT2D eigenvalue weighted by Gasteiger charge is 2.48. The van der Waals surface area contributed by atoms with Gasteiger partial charge in [-0.2, -0.15) is 0 Å². The van der Waals surface area contributed by atoms with E-state index in [1.165, 1.54) is 18.7 Å². The monoisotopic (exact) mass is 406 g/mol. The van der Waals surface area contributed by atoms with Gasteiger partial charge in [-0.3, -0.25) is 9.69 Å². The van der Waals surface area contributed by atoms with Gasteiger partial charge in [-0.1, -0.05) is 13.3 Å². The minimum atomic E-state index is -1.42. The third kappa shape index (κ3) is 5.14. The SMILES string of the molecule is CCC[C@@H]1C[C@H](C(=O)N[C@@H](C2O[C@H](SC)C(O)[C@H](O)[C@H]2O)[C@@H](C)O)N(C)C1. The van der Waals surface area contributed by atoms with E-state index in [1.54, 1.807) is 6.26 Å². The summed E-state index contributed by atoms with van der Waals surface area (Å²) in [6.45, 7) is 4.48. The van der Waals surface area contributed by atoms with E-state index in [2.05, 4.69) is 12.2 Å². The van der Waals surface area contributed by atoms with E-state index in [0.29, 0.717) is 5.92 Å². The molecule has 158 valence electrons. The lowest BCUT2D eigenvalue weighted by Crippen LogP contribution is -2.65. The number of rotatable bonds is 7. The van der Waals surface area contributed by atoms with Gasteiger partial charge in [0, 0.05) is 6.54 Å². The molecule has 9 atom stereocenters. The Morgan fingerprint density at radius 2 is 1.96 bits per heavy atom. The van der Waals surface area contributed by atoms with E-state index >= 15 is 0 Å². The van der Waals surface area contributed by atoms with Crippen molar-refractivity contribution in [3.63, 3.8) is 0 Å². The fourth-order valence-corrected chi connectivity index (χ4v) is 4.81. The third-order valence-electron chi connectivity index (χ3n) is 5.66. The zero-order chi connectivity index (χ0) is 20.3. The molecule has 2 aliphatic rings. The van der Waals surface area contributed by atoms with E-state index in [4.69, 9.17) is 4.74 Å². The Morgan fingerprint density at radius 1 is 1.30 bits per heavy atom. The van der Waals surface area contributed by atoms with Crippen molar-refractivity contribution in [2.75, 3.05) is 19.8 Å². The molecule has 2 aliphatic heterocycles. The maximum Gasteiger partial charge on any atom is 0.237 e. The van der Waals surface area contributed by atoms with E-state index in [9.17, 15) is 25.2 Å². The van der Waals surface area contributed by atoms with E-state index in [1.807, 2.05) is 11.9 Å². The zero-order valence-electron chi connectivity index (χ0n) is 16.5. The van der Waals surface area contributed by atoms with Crippen molar-refractivity contribution < 1.29 is 30.0 Å². The number of nitrogens with zero attached hydrogens (tertiary/aromatic N) is 1. The average Bonchev–Trinajstić information content (AvgIpc) is 2.99. The van der Waals surface area contributed by atoms with E-state index in [0.717, 1.165) is 25.8 Å². The number of amides is 1. The summed E-state index contributed by atoms with van der Waals surface area (Å²) in [5.74, 6) is 0.245. The van der Waals surface area contributed by atoms with Gasteiger partial charge in [0.2, 0.25) is 5.91 Å². The third-order valence-corrected chi connectivity index (χ3v) is 6.51. The predicted molar refractivity (Wildman–Crippen MR) is 103 cm³/mol. The summed E-state index contributed by atoms with van der Waals surface area (Å²) in [5.41, 5.74) is -0.755. The van der Waals surface area contributed by atoms with E-state index in [-0.39, 0.29) is 11.9 Å². The molecule has 2 rings (SSSR count). The van der Waals surface area contributed by atoms with Crippen LogP contribution in [0.5, 0.6) is 0 Å².